The Bertz CT molecular complexity index is 882. The van der Waals surface area contributed by atoms with Crippen molar-refractivity contribution in [2.24, 2.45) is 0 Å². The van der Waals surface area contributed by atoms with Gasteiger partial charge in [-0.15, -0.1) is 0 Å². The van der Waals surface area contributed by atoms with Crippen molar-refractivity contribution in [3.63, 3.8) is 0 Å². The quantitative estimate of drug-likeness (QED) is 0.412. The van der Waals surface area contributed by atoms with E-state index in [4.69, 9.17) is 0 Å². The van der Waals surface area contributed by atoms with Gasteiger partial charge >= 0.3 is 0 Å². The minimum Gasteiger partial charge on any atom is -0.315 e. The van der Waals surface area contributed by atoms with Gasteiger partial charge < -0.3 is 4.90 Å². The second kappa shape index (κ2) is 15.8. The number of rotatable bonds is 4. The monoisotopic (exact) mass is 431 g/mol. The van der Waals surface area contributed by atoms with Crippen LogP contribution < -0.4 is 4.90 Å². The van der Waals surface area contributed by atoms with Gasteiger partial charge in [0.15, 0.2) is 0 Å². The van der Waals surface area contributed by atoms with Crippen LogP contribution in [-0.2, 0) is 0 Å². The molecule has 0 amide bonds. The van der Waals surface area contributed by atoms with Gasteiger partial charge in [0, 0.05) is 35.0 Å². The lowest BCUT2D eigenvalue weighted by atomic mass is 10.0. The first-order chi connectivity index (χ1) is 15.8. The molecular formula is C29H41N3. The second-order valence-electron chi connectivity index (χ2n) is 6.68. The largest absolute Gasteiger partial charge is 0.315 e. The molecule has 0 saturated heterocycles. The van der Waals surface area contributed by atoms with E-state index in [-0.39, 0.29) is 0 Å². The molecule has 3 aromatic rings. The second-order valence-corrected chi connectivity index (χ2v) is 6.68. The van der Waals surface area contributed by atoms with Gasteiger partial charge in [-0.25, -0.2) is 9.97 Å². The molecule has 4 rings (SSSR count). The summed E-state index contributed by atoms with van der Waals surface area (Å²) in [5, 5.41) is 0. The smallest absolute Gasteiger partial charge is 0.125 e. The summed E-state index contributed by atoms with van der Waals surface area (Å²) in [7, 11) is 0. The van der Waals surface area contributed by atoms with Crippen molar-refractivity contribution in [3.8, 4) is 11.1 Å². The Hall–Kier alpha value is -2.94. The minimum absolute atomic E-state index is 0.796. The van der Waals surface area contributed by atoms with Crippen LogP contribution in [0.3, 0.4) is 0 Å². The topological polar surface area (TPSA) is 29.0 Å². The number of hydrogen-bond acceptors (Lipinski definition) is 3. The third-order valence-electron chi connectivity index (χ3n) is 4.81. The maximum Gasteiger partial charge on any atom is 0.125 e. The van der Waals surface area contributed by atoms with Gasteiger partial charge in [-0.05, 0) is 62.4 Å². The standard InChI is InChI=1S/C23H23N3.3C2H6/c1-18-24-16-20(17-25-18)19-12-14-23(15-13-19)26(21-8-4-2-5-9-21)22-10-6-3-7-11-22;3*1-2/h2,4-5,8-10,12-17H,3,6-7,11H2,1H3;3*1-2H3. The van der Waals surface area contributed by atoms with Crippen LogP contribution in [0.25, 0.3) is 11.1 Å². The molecule has 3 nitrogen and oxygen atoms in total. The Morgan fingerprint density at radius 3 is 1.75 bits per heavy atom. The van der Waals surface area contributed by atoms with Crippen molar-refractivity contribution >= 4 is 11.4 Å². The highest BCUT2D eigenvalue weighted by Crippen LogP contribution is 2.35. The van der Waals surface area contributed by atoms with E-state index in [0.717, 1.165) is 29.8 Å². The molecule has 0 bridgehead atoms. The number of aryl methyl sites for hydroxylation is 1. The fourth-order valence-corrected chi connectivity index (χ4v) is 3.43. The van der Waals surface area contributed by atoms with Crippen LogP contribution in [0.5, 0.6) is 0 Å². The summed E-state index contributed by atoms with van der Waals surface area (Å²) in [6, 6.07) is 19.3. The summed E-state index contributed by atoms with van der Waals surface area (Å²) in [5.74, 6) is 0.796. The molecule has 2 aromatic carbocycles. The number of hydrogen-bond donors (Lipinski definition) is 0. The summed E-state index contributed by atoms with van der Waals surface area (Å²) in [6.45, 7) is 13.9. The van der Waals surface area contributed by atoms with Gasteiger partial charge in [0.1, 0.15) is 5.82 Å². The van der Waals surface area contributed by atoms with E-state index in [1.807, 2.05) is 60.9 Å². The van der Waals surface area contributed by atoms with E-state index in [1.165, 1.54) is 29.9 Å². The number of nitrogens with zero attached hydrogens (tertiary/aromatic N) is 3. The van der Waals surface area contributed by atoms with Crippen LogP contribution in [-0.4, -0.2) is 9.97 Å². The molecule has 0 radical (unpaired) electrons. The first-order valence-corrected chi connectivity index (χ1v) is 12.2. The molecule has 1 aromatic heterocycles. The third-order valence-corrected chi connectivity index (χ3v) is 4.81. The van der Waals surface area contributed by atoms with Gasteiger partial charge in [0.25, 0.3) is 0 Å². The fourth-order valence-electron chi connectivity index (χ4n) is 3.43. The molecule has 172 valence electrons. The predicted octanol–water partition coefficient (Wildman–Crippen LogP) is 9.13. The molecule has 0 aliphatic heterocycles. The molecule has 0 saturated carbocycles. The number of anilines is 2. The number of benzene rings is 2. The van der Waals surface area contributed by atoms with Crippen molar-refractivity contribution in [1.29, 1.82) is 0 Å². The minimum atomic E-state index is 0.796. The molecule has 1 aliphatic rings. The van der Waals surface area contributed by atoms with Crippen LogP contribution in [0.15, 0.2) is 78.8 Å². The zero-order chi connectivity index (χ0) is 23.8. The number of allylic oxidation sites excluding steroid dienone is 2. The summed E-state index contributed by atoms with van der Waals surface area (Å²) >= 11 is 0. The molecular weight excluding hydrogens is 390 g/mol. The molecule has 1 aliphatic carbocycles. The van der Waals surface area contributed by atoms with E-state index in [9.17, 15) is 0 Å². The molecule has 0 unspecified atom stereocenters. The molecule has 0 atom stereocenters. The SMILES string of the molecule is CC.CC.CC.Cc1ncc(-c2ccc(N(C3=CCCCC3)c3ccccc3)cc2)cn1. The highest BCUT2D eigenvalue weighted by molar-refractivity contribution is 5.72. The first kappa shape index (κ1) is 27.1. The predicted molar refractivity (Wildman–Crippen MR) is 141 cm³/mol. The van der Waals surface area contributed by atoms with Crippen molar-refractivity contribution in [2.75, 3.05) is 4.90 Å². The molecule has 0 N–H and O–H groups in total. The van der Waals surface area contributed by atoms with Gasteiger partial charge in [0.2, 0.25) is 0 Å². The van der Waals surface area contributed by atoms with Gasteiger partial charge in [-0.2, -0.15) is 0 Å². The maximum absolute atomic E-state index is 4.30. The zero-order valence-corrected chi connectivity index (χ0v) is 21.1. The van der Waals surface area contributed by atoms with Crippen LogP contribution in [0.2, 0.25) is 0 Å². The fraction of sp³-hybridized carbons (Fsp3) is 0.379. The zero-order valence-electron chi connectivity index (χ0n) is 21.1. The van der Waals surface area contributed by atoms with Crippen molar-refractivity contribution < 1.29 is 0 Å². The normalized spacial score (nSPS) is 11.9. The Morgan fingerprint density at radius 1 is 0.656 bits per heavy atom. The van der Waals surface area contributed by atoms with Gasteiger partial charge in [0.05, 0.1) is 0 Å². The highest BCUT2D eigenvalue weighted by atomic mass is 15.1. The Balaban J connectivity index is 0.000000789. The molecule has 1 heterocycles. The van der Waals surface area contributed by atoms with Gasteiger partial charge in [-0.1, -0.05) is 78.0 Å². The average molecular weight is 432 g/mol. The lowest BCUT2D eigenvalue weighted by Crippen LogP contribution is -2.17. The lowest BCUT2D eigenvalue weighted by molar-refractivity contribution is 0.691. The Morgan fingerprint density at radius 2 is 1.22 bits per heavy atom. The first-order valence-electron chi connectivity index (χ1n) is 12.2. The summed E-state index contributed by atoms with van der Waals surface area (Å²) in [5.41, 5.74) is 5.99. The van der Waals surface area contributed by atoms with Gasteiger partial charge in [-0.3, -0.25) is 0 Å². The van der Waals surface area contributed by atoms with E-state index in [1.54, 1.807) is 0 Å². The lowest BCUT2D eigenvalue weighted by Gasteiger charge is -2.30. The third kappa shape index (κ3) is 7.64. The summed E-state index contributed by atoms with van der Waals surface area (Å²) < 4.78 is 0. The Labute approximate surface area is 196 Å². The van der Waals surface area contributed by atoms with E-state index >= 15 is 0 Å². The molecule has 32 heavy (non-hydrogen) atoms. The van der Waals surface area contributed by atoms with E-state index in [2.05, 4.69) is 75.5 Å². The molecule has 0 spiro atoms. The summed E-state index contributed by atoms with van der Waals surface area (Å²) in [6.07, 6.45) is 11.0. The van der Waals surface area contributed by atoms with Crippen molar-refractivity contribution in [1.82, 2.24) is 9.97 Å². The number of aromatic nitrogens is 2. The van der Waals surface area contributed by atoms with Crippen LogP contribution >= 0.6 is 0 Å². The Kier molecular flexibility index (Phi) is 13.4. The van der Waals surface area contributed by atoms with E-state index < -0.39 is 0 Å². The summed E-state index contributed by atoms with van der Waals surface area (Å²) in [4.78, 5) is 11.0. The van der Waals surface area contributed by atoms with Crippen molar-refractivity contribution in [3.05, 3.63) is 84.6 Å². The van der Waals surface area contributed by atoms with Crippen LogP contribution in [0, 0.1) is 6.92 Å². The maximum atomic E-state index is 4.30. The van der Waals surface area contributed by atoms with E-state index in [0.29, 0.717) is 0 Å². The molecule has 3 heteroatoms. The average Bonchev–Trinajstić information content (AvgIpc) is 2.90. The molecule has 0 fully saturated rings. The van der Waals surface area contributed by atoms with Crippen LogP contribution in [0.4, 0.5) is 11.4 Å². The number of para-hydroxylation sites is 1. The van der Waals surface area contributed by atoms with Crippen molar-refractivity contribution in [2.45, 2.75) is 74.1 Å². The highest BCUT2D eigenvalue weighted by Gasteiger charge is 2.16. The van der Waals surface area contributed by atoms with Crippen LogP contribution in [0.1, 0.15) is 73.1 Å².